The number of carbonyl (C=O) groups excluding carboxylic acids is 2. The number of nitrogens with zero attached hydrogens (tertiary/aromatic N) is 3. The molecular weight excluding hydrogens is 371 g/mol. The van der Waals surface area contributed by atoms with Gasteiger partial charge < -0.3 is 20.0 Å². The second-order valence-corrected chi connectivity index (χ2v) is 7.52. The molecule has 29 heavy (non-hydrogen) atoms. The number of carbonyl (C=O) groups is 2. The van der Waals surface area contributed by atoms with Gasteiger partial charge in [-0.3, -0.25) is 4.79 Å². The molecule has 4 rings (SSSR count). The van der Waals surface area contributed by atoms with Gasteiger partial charge in [0, 0.05) is 50.6 Å². The maximum absolute atomic E-state index is 13.0. The van der Waals surface area contributed by atoms with Crippen molar-refractivity contribution in [3.63, 3.8) is 0 Å². The Bertz CT molecular complexity index is 851. The monoisotopic (exact) mass is 396 g/mol. The number of hydrogen-bond donors (Lipinski definition) is 1. The van der Waals surface area contributed by atoms with E-state index < -0.39 is 0 Å². The maximum atomic E-state index is 13.0. The molecule has 152 valence electrons. The predicted octanol–water partition coefficient (Wildman–Crippen LogP) is 3.03. The van der Waals surface area contributed by atoms with Gasteiger partial charge in [-0.25, -0.2) is 9.18 Å². The summed E-state index contributed by atoms with van der Waals surface area (Å²) in [6.45, 7) is 3.70. The Kier molecular flexibility index (Phi) is 5.64. The molecule has 0 aromatic heterocycles. The summed E-state index contributed by atoms with van der Waals surface area (Å²) in [6, 6.07) is 15.6. The highest BCUT2D eigenvalue weighted by Crippen LogP contribution is 2.25. The molecule has 2 aliphatic rings. The van der Waals surface area contributed by atoms with Gasteiger partial charge in [-0.1, -0.05) is 18.2 Å². The molecule has 0 spiro atoms. The van der Waals surface area contributed by atoms with Gasteiger partial charge in [-0.05, 0) is 42.8 Å². The summed E-state index contributed by atoms with van der Waals surface area (Å²) in [5.74, 6) is -0.148. The van der Waals surface area contributed by atoms with Crippen molar-refractivity contribution in [2.45, 2.75) is 6.42 Å². The van der Waals surface area contributed by atoms with E-state index in [0.717, 1.165) is 25.2 Å². The molecule has 1 unspecified atom stereocenters. The van der Waals surface area contributed by atoms with E-state index in [9.17, 15) is 14.0 Å². The Morgan fingerprint density at radius 1 is 0.862 bits per heavy atom. The van der Waals surface area contributed by atoms with Crippen molar-refractivity contribution in [2.24, 2.45) is 5.92 Å². The number of hydrogen-bond acceptors (Lipinski definition) is 3. The van der Waals surface area contributed by atoms with Crippen LogP contribution in [0.15, 0.2) is 54.6 Å². The molecule has 2 aromatic carbocycles. The number of rotatable bonds is 3. The number of piperazine rings is 1. The van der Waals surface area contributed by atoms with Gasteiger partial charge >= 0.3 is 6.03 Å². The zero-order chi connectivity index (χ0) is 20.2. The van der Waals surface area contributed by atoms with Crippen LogP contribution in [-0.4, -0.2) is 61.0 Å². The minimum absolute atomic E-state index is 0.00907. The molecule has 2 saturated heterocycles. The molecule has 2 aliphatic heterocycles. The zero-order valence-corrected chi connectivity index (χ0v) is 16.3. The molecule has 2 fully saturated rings. The van der Waals surface area contributed by atoms with E-state index in [1.807, 2.05) is 23.1 Å². The van der Waals surface area contributed by atoms with Crippen LogP contribution in [-0.2, 0) is 4.79 Å². The van der Waals surface area contributed by atoms with Gasteiger partial charge in [0.05, 0.1) is 5.92 Å². The molecule has 1 atom stereocenters. The lowest BCUT2D eigenvalue weighted by Crippen LogP contribution is -2.53. The number of para-hydroxylation sites is 1. The van der Waals surface area contributed by atoms with Gasteiger partial charge in [-0.2, -0.15) is 0 Å². The highest BCUT2D eigenvalue weighted by atomic mass is 19.1. The molecule has 0 bridgehead atoms. The zero-order valence-electron chi connectivity index (χ0n) is 16.3. The quantitative estimate of drug-likeness (QED) is 0.868. The van der Waals surface area contributed by atoms with Crippen LogP contribution < -0.4 is 10.2 Å². The lowest BCUT2D eigenvalue weighted by Gasteiger charge is -2.36. The molecule has 2 heterocycles. The topological polar surface area (TPSA) is 55.9 Å². The Hall–Kier alpha value is -3.09. The Balaban J connectivity index is 1.26. The van der Waals surface area contributed by atoms with Gasteiger partial charge in [0.15, 0.2) is 0 Å². The third-order valence-electron chi connectivity index (χ3n) is 5.63. The summed E-state index contributed by atoms with van der Waals surface area (Å²) in [6.07, 6.45) is 0.860. The fourth-order valence-electron chi connectivity index (χ4n) is 3.96. The Morgan fingerprint density at radius 3 is 2.21 bits per heavy atom. The van der Waals surface area contributed by atoms with Crippen molar-refractivity contribution >= 4 is 23.3 Å². The number of halogens is 1. The third-order valence-corrected chi connectivity index (χ3v) is 5.63. The maximum Gasteiger partial charge on any atom is 0.321 e. The van der Waals surface area contributed by atoms with E-state index in [1.54, 1.807) is 4.90 Å². The molecule has 6 nitrogen and oxygen atoms in total. The highest BCUT2D eigenvalue weighted by molar-refractivity contribution is 5.89. The molecule has 7 heteroatoms. The number of anilines is 2. The van der Waals surface area contributed by atoms with E-state index in [4.69, 9.17) is 0 Å². The highest BCUT2D eigenvalue weighted by Gasteiger charge is 2.33. The van der Waals surface area contributed by atoms with Crippen LogP contribution in [0.3, 0.4) is 0 Å². The minimum Gasteiger partial charge on any atom is -0.371 e. The van der Waals surface area contributed by atoms with Crippen LogP contribution in [0.5, 0.6) is 0 Å². The van der Waals surface area contributed by atoms with Crippen molar-refractivity contribution in [2.75, 3.05) is 49.5 Å². The average Bonchev–Trinajstić information content (AvgIpc) is 3.26. The standard InChI is InChI=1S/C22H25FN4O2/c23-18-6-8-19(9-7-18)24-22(29)26-14-12-25(13-15-26)21(28)17-10-11-27(16-17)20-4-2-1-3-5-20/h1-9,17H,10-16H2,(H,24,29). The summed E-state index contributed by atoms with van der Waals surface area (Å²) in [5, 5.41) is 2.77. The van der Waals surface area contributed by atoms with E-state index in [1.165, 1.54) is 24.3 Å². The molecular formula is C22H25FN4O2. The molecule has 0 aliphatic carbocycles. The summed E-state index contributed by atoms with van der Waals surface area (Å²) in [5.41, 5.74) is 1.71. The summed E-state index contributed by atoms with van der Waals surface area (Å²) >= 11 is 0. The second kappa shape index (κ2) is 8.51. The molecule has 0 saturated carbocycles. The van der Waals surface area contributed by atoms with Crippen LogP contribution in [0.2, 0.25) is 0 Å². The van der Waals surface area contributed by atoms with Gasteiger partial charge in [0.1, 0.15) is 5.82 Å². The van der Waals surface area contributed by atoms with Crippen molar-refractivity contribution < 1.29 is 14.0 Å². The fraction of sp³-hybridized carbons (Fsp3) is 0.364. The Morgan fingerprint density at radius 2 is 1.52 bits per heavy atom. The van der Waals surface area contributed by atoms with Crippen molar-refractivity contribution in [3.8, 4) is 0 Å². The van der Waals surface area contributed by atoms with Gasteiger partial charge in [-0.15, -0.1) is 0 Å². The lowest BCUT2D eigenvalue weighted by atomic mass is 10.1. The average molecular weight is 396 g/mol. The van der Waals surface area contributed by atoms with Crippen molar-refractivity contribution in [1.82, 2.24) is 9.80 Å². The van der Waals surface area contributed by atoms with E-state index in [0.29, 0.717) is 31.9 Å². The summed E-state index contributed by atoms with van der Waals surface area (Å²) in [7, 11) is 0. The van der Waals surface area contributed by atoms with Crippen LogP contribution in [0.25, 0.3) is 0 Å². The molecule has 1 N–H and O–H groups in total. The van der Waals surface area contributed by atoms with Crippen LogP contribution >= 0.6 is 0 Å². The van der Waals surface area contributed by atoms with Crippen LogP contribution in [0.1, 0.15) is 6.42 Å². The van der Waals surface area contributed by atoms with Gasteiger partial charge in [0.25, 0.3) is 0 Å². The largest absolute Gasteiger partial charge is 0.371 e. The lowest BCUT2D eigenvalue weighted by molar-refractivity contribution is -0.136. The summed E-state index contributed by atoms with van der Waals surface area (Å²) < 4.78 is 13.0. The van der Waals surface area contributed by atoms with Gasteiger partial charge in [0.2, 0.25) is 5.91 Å². The number of nitrogens with one attached hydrogen (secondary N) is 1. The molecule has 2 aromatic rings. The normalized spacial score (nSPS) is 19.3. The van der Waals surface area contributed by atoms with E-state index >= 15 is 0 Å². The van der Waals surface area contributed by atoms with Crippen molar-refractivity contribution in [3.05, 3.63) is 60.4 Å². The number of urea groups is 1. The molecule has 0 radical (unpaired) electrons. The van der Waals surface area contributed by atoms with E-state index in [-0.39, 0.29) is 23.7 Å². The fourth-order valence-corrected chi connectivity index (χ4v) is 3.96. The second-order valence-electron chi connectivity index (χ2n) is 7.52. The number of amides is 3. The van der Waals surface area contributed by atoms with Crippen LogP contribution in [0, 0.1) is 11.7 Å². The number of benzene rings is 2. The molecule has 3 amide bonds. The van der Waals surface area contributed by atoms with Crippen LogP contribution in [0.4, 0.5) is 20.6 Å². The Labute approximate surface area is 169 Å². The van der Waals surface area contributed by atoms with E-state index in [2.05, 4.69) is 22.3 Å². The first-order chi connectivity index (χ1) is 14.1. The first-order valence-electron chi connectivity index (χ1n) is 10.0. The smallest absolute Gasteiger partial charge is 0.321 e. The first kappa shape index (κ1) is 19.2. The minimum atomic E-state index is -0.340. The SMILES string of the molecule is O=C(Nc1ccc(F)cc1)N1CCN(C(=O)C2CCN(c3ccccc3)C2)CC1. The summed E-state index contributed by atoms with van der Waals surface area (Å²) in [4.78, 5) is 31.1. The first-order valence-corrected chi connectivity index (χ1v) is 10.0. The third kappa shape index (κ3) is 4.50. The predicted molar refractivity (Wildman–Crippen MR) is 110 cm³/mol. The van der Waals surface area contributed by atoms with Crippen molar-refractivity contribution in [1.29, 1.82) is 0 Å².